The molecule has 0 saturated carbocycles. The number of aliphatic hydroxyl groups is 1. The molecular formula is C14H18O4. The van der Waals surface area contributed by atoms with Crippen LogP contribution in [0.15, 0.2) is 36.4 Å². The lowest BCUT2D eigenvalue weighted by Gasteiger charge is -2.24. The molecule has 0 bridgehead atoms. The van der Waals surface area contributed by atoms with Crippen molar-refractivity contribution in [3.8, 4) is 5.75 Å². The van der Waals surface area contributed by atoms with E-state index in [0.29, 0.717) is 5.75 Å². The second-order valence-electron chi connectivity index (χ2n) is 4.16. The van der Waals surface area contributed by atoms with Gasteiger partial charge in [0.2, 0.25) is 0 Å². The van der Waals surface area contributed by atoms with Gasteiger partial charge in [-0.3, -0.25) is 0 Å². The van der Waals surface area contributed by atoms with Gasteiger partial charge >= 0.3 is 5.97 Å². The van der Waals surface area contributed by atoms with Crippen LogP contribution in [0.25, 0.3) is 0 Å². The first-order valence-corrected chi connectivity index (χ1v) is 5.58. The smallest absolute Gasteiger partial charge is 0.330 e. The fourth-order valence-corrected chi connectivity index (χ4v) is 1.54. The van der Waals surface area contributed by atoms with E-state index in [4.69, 9.17) is 4.74 Å². The average molecular weight is 250 g/mol. The molecule has 0 unspecified atom stereocenters. The molecule has 0 aliphatic rings. The van der Waals surface area contributed by atoms with Gasteiger partial charge in [-0.2, -0.15) is 0 Å². The van der Waals surface area contributed by atoms with Crippen LogP contribution in [0.3, 0.4) is 0 Å². The number of benzene rings is 1. The van der Waals surface area contributed by atoms with Crippen LogP contribution in [-0.2, 0) is 14.9 Å². The van der Waals surface area contributed by atoms with E-state index >= 15 is 0 Å². The van der Waals surface area contributed by atoms with Crippen LogP contribution in [0.5, 0.6) is 5.75 Å². The van der Waals surface area contributed by atoms with Crippen LogP contribution >= 0.6 is 0 Å². The van der Waals surface area contributed by atoms with Crippen LogP contribution in [0, 0.1) is 0 Å². The summed E-state index contributed by atoms with van der Waals surface area (Å²) < 4.78 is 9.68. The molecule has 0 saturated heterocycles. The summed E-state index contributed by atoms with van der Waals surface area (Å²) in [5, 5.41) is 9.54. The third-order valence-corrected chi connectivity index (χ3v) is 2.85. The number of methoxy groups -OCH3 is 2. The summed E-state index contributed by atoms with van der Waals surface area (Å²) in [7, 11) is 2.90. The Kier molecular flexibility index (Phi) is 4.92. The molecule has 4 heteroatoms. The van der Waals surface area contributed by atoms with E-state index in [9.17, 15) is 9.90 Å². The highest BCUT2D eigenvalue weighted by atomic mass is 16.5. The fourth-order valence-electron chi connectivity index (χ4n) is 1.54. The standard InChI is InChI=1S/C14H18O4/c1-14(10-15,8-7-13(16)18-3)11-5-4-6-12(9-11)17-2/h4-9,15H,10H2,1-3H3/b8-7+/t14-/m1/s1. The molecule has 0 fully saturated rings. The summed E-state index contributed by atoms with van der Waals surface area (Å²) >= 11 is 0. The molecule has 18 heavy (non-hydrogen) atoms. The van der Waals surface area contributed by atoms with E-state index in [1.165, 1.54) is 13.2 Å². The van der Waals surface area contributed by atoms with Gasteiger partial charge in [0.15, 0.2) is 0 Å². The van der Waals surface area contributed by atoms with Gasteiger partial charge in [-0.05, 0) is 24.6 Å². The minimum absolute atomic E-state index is 0.117. The Balaban J connectivity index is 3.05. The highest BCUT2D eigenvalue weighted by Gasteiger charge is 2.23. The molecule has 0 aliphatic heterocycles. The molecule has 1 aromatic rings. The molecule has 1 rings (SSSR count). The first kappa shape index (κ1) is 14.3. The fraction of sp³-hybridized carbons (Fsp3) is 0.357. The van der Waals surface area contributed by atoms with Crippen LogP contribution in [-0.4, -0.2) is 31.9 Å². The Bertz CT molecular complexity index is 439. The van der Waals surface area contributed by atoms with Crippen LogP contribution in [0.1, 0.15) is 12.5 Å². The van der Waals surface area contributed by atoms with Gasteiger partial charge < -0.3 is 14.6 Å². The number of carbonyl (C=O) groups excluding carboxylic acids is 1. The predicted octanol–water partition coefficient (Wildman–Crippen LogP) is 1.67. The second-order valence-corrected chi connectivity index (χ2v) is 4.16. The highest BCUT2D eigenvalue weighted by Crippen LogP contribution is 2.27. The third-order valence-electron chi connectivity index (χ3n) is 2.85. The molecule has 98 valence electrons. The molecule has 0 aromatic heterocycles. The van der Waals surface area contributed by atoms with Crippen LogP contribution < -0.4 is 4.74 Å². The van der Waals surface area contributed by atoms with Crippen LogP contribution in [0.4, 0.5) is 0 Å². The predicted molar refractivity (Wildman–Crippen MR) is 68.6 cm³/mol. The van der Waals surface area contributed by atoms with Gasteiger partial charge in [0, 0.05) is 11.5 Å². The summed E-state index contributed by atoms with van der Waals surface area (Å²) in [6.45, 7) is 1.72. The van der Waals surface area contributed by atoms with Crippen molar-refractivity contribution >= 4 is 5.97 Å². The highest BCUT2D eigenvalue weighted by molar-refractivity contribution is 5.82. The molecule has 0 spiro atoms. The molecule has 1 aromatic carbocycles. The number of hydrogen-bond donors (Lipinski definition) is 1. The monoisotopic (exact) mass is 250 g/mol. The van der Waals surface area contributed by atoms with Gasteiger partial charge in [-0.1, -0.05) is 18.2 Å². The van der Waals surface area contributed by atoms with Crippen molar-refractivity contribution in [2.45, 2.75) is 12.3 Å². The maximum atomic E-state index is 11.1. The van der Waals surface area contributed by atoms with Gasteiger partial charge in [0.05, 0.1) is 20.8 Å². The summed E-state index contributed by atoms with van der Waals surface area (Å²) in [4.78, 5) is 11.1. The third kappa shape index (κ3) is 3.34. The Morgan fingerprint density at radius 2 is 2.17 bits per heavy atom. The quantitative estimate of drug-likeness (QED) is 0.638. The van der Waals surface area contributed by atoms with Crippen molar-refractivity contribution in [2.75, 3.05) is 20.8 Å². The van der Waals surface area contributed by atoms with E-state index in [1.54, 1.807) is 13.2 Å². The zero-order valence-electron chi connectivity index (χ0n) is 10.8. The molecule has 0 radical (unpaired) electrons. The maximum Gasteiger partial charge on any atom is 0.330 e. The van der Waals surface area contributed by atoms with E-state index in [-0.39, 0.29) is 6.61 Å². The van der Waals surface area contributed by atoms with Crippen molar-refractivity contribution in [1.82, 2.24) is 0 Å². The number of ether oxygens (including phenoxy) is 2. The van der Waals surface area contributed by atoms with Crippen molar-refractivity contribution < 1.29 is 19.4 Å². The normalized spacial score (nSPS) is 14.2. The first-order chi connectivity index (χ1) is 8.55. The van der Waals surface area contributed by atoms with E-state index in [1.807, 2.05) is 31.2 Å². The van der Waals surface area contributed by atoms with Crippen molar-refractivity contribution in [1.29, 1.82) is 0 Å². The maximum absolute atomic E-state index is 11.1. The lowest BCUT2D eigenvalue weighted by molar-refractivity contribution is -0.134. The Labute approximate surface area is 107 Å². The first-order valence-electron chi connectivity index (χ1n) is 5.58. The Hall–Kier alpha value is -1.81. The van der Waals surface area contributed by atoms with Crippen molar-refractivity contribution in [3.63, 3.8) is 0 Å². The van der Waals surface area contributed by atoms with Gasteiger partial charge in [-0.15, -0.1) is 0 Å². The largest absolute Gasteiger partial charge is 0.497 e. The summed E-state index contributed by atoms with van der Waals surface area (Å²) in [5.74, 6) is 0.260. The van der Waals surface area contributed by atoms with Crippen molar-refractivity contribution in [2.24, 2.45) is 0 Å². The summed E-state index contributed by atoms with van der Waals surface area (Å²) in [6, 6.07) is 7.37. The van der Waals surface area contributed by atoms with E-state index < -0.39 is 11.4 Å². The molecule has 4 nitrogen and oxygen atoms in total. The molecule has 1 N–H and O–H groups in total. The minimum atomic E-state index is -0.650. The summed E-state index contributed by atoms with van der Waals surface area (Å²) in [5.41, 5.74) is 0.215. The number of hydrogen-bond acceptors (Lipinski definition) is 4. The average Bonchev–Trinajstić information content (AvgIpc) is 2.44. The SMILES string of the molecule is COC(=O)/C=C/[C@](C)(CO)c1cccc(OC)c1. The number of aliphatic hydroxyl groups excluding tert-OH is 1. The number of rotatable bonds is 5. The zero-order valence-corrected chi connectivity index (χ0v) is 10.8. The second kappa shape index (κ2) is 6.21. The minimum Gasteiger partial charge on any atom is -0.497 e. The lowest BCUT2D eigenvalue weighted by Crippen LogP contribution is -2.24. The molecule has 1 atom stereocenters. The van der Waals surface area contributed by atoms with Crippen molar-refractivity contribution in [3.05, 3.63) is 42.0 Å². The molecule has 0 aliphatic carbocycles. The lowest BCUT2D eigenvalue weighted by atomic mass is 9.83. The van der Waals surface area contributed by atoms with Gasteiger partial charge in [0.1, 0.15) is 5.75 Å². The van der Waals surface area contributed by atoms with Crippen LogP contribution in [0.2, 0.25) is 0 Å². The number of esters is 1. The van der Waals surface area contributed by atoms with Gasteiger partial charge in [0.25, 0.3) is 0 Å². The van der Waals surface area contributed by atoms with E-state index in [0.717, 1.165) is 5.56 Å². The number of carbonyl (C=O) groups is 1. The molecular weight excluding hydrogens is 232 g/mol. The zero-order chi connectivity index (χ0) is 13.6. The summed E-state index contributed by atoms with van der Waals surface area (Å²) in [6.07, 6.45) is 2.95. The Morgan fingerprint density at radius 3 is 2.72 bits per heavy atom. The molecule has 0 amide bonds. The van der Waals surface area contributed by atoms with Gasteiger partial charge in [-0.25, -0.2) is 4.79 Å². The topological polar surface area (TPSA) is 55.8 Å². The Morgan fingerprint density at radius 1 is 1.44 bits per heavy atom. The molecule has 0 heterocycles. The van der Waals surface area contributed by atoms with E-state index in [2.05, 4.69) is 4.74 Å².